The minimum Gasteiger partial charge on any atom is -0.469 e. The van der Waals surface area contributed by atoms with Crippen molar-refractivity contribution in [3.63, 3.8) is 0 Å². The zero-order valence-corrected chi connectivity index (χ0v) is 16.3. The molecule has 2 heterocycles. The Bertz CT molecular complexity index is 633. The van der Waals surface area contributed by atoms with Crippen molar-refractivity contribution in [2.45, 2.75) is 51.0 Å². The summed E-state index contributed by atoms with van der Waals surface area (Å²) >= 11 is 0. The van der Waals surface area contributed by atoms with E-state index in [0.717, 1.165) is 12.8 Å². The molecule has 7 heteroatoms. The number of rotatable bonds is 3. The quantitative estimate of drug-likeness (QED) is 0.575. The lowest BCUT2D eigenvalue weighted by Gasteiger charge is -2.90. The van der Waals surface area contributed by atoms with Crippen LogP contribution in [0.15, 0.2) is 0 Å². The van der Waals surface area contributed by atoms with Crippen molar-refractivity contribution < 1.29 is 23.5 Å². The van der Waals surface area contributed by atoms with E-state index < -0.39 is 19.3 Å². The van der Waals surface area contributed by atoms with Crippen LogP contribution in [0.3, 0.4) is 0 Å². The van der Waals surface area contributed by atoms with E-state index in [4.69, 9.17) is 13.9 Å². The number of fused-ring (bicyclic) bond motifs is 1. The zero-order valence-electron chi connectivity index (χ0n) is 15.3. The highest BCUT2D eigenvalue weighted by atomic mass is 28.4. The highest BCUT2D eigenvalue weighted by Gasteiger charge is 2.96. The lowest BCUT2D eigenvalue weighted by atomic mass is 9.18. The molecule has 134 valence electrons. The third-order valence-electron chi connectivity index (χ3n) is 7.23. The fourth-order valence-electron chi connectivity index (χ4n) is 6.83. The van der Waals surface area contributed by atoms with Crippen LogP contribution in [0.25, 0.3) is 0 Å². The van der Waals surface area contributed by atoms with Gasteiger partial charge in [0.1, 0.15) is 5.41 Å². The summed E-state index contributed by atoms with van der Waals surface area (Å²) in [6, 6.07) is -0.259. The second-order valence-corrected chi connectivity index (χ2v) is 13.5. The lowest BCUT2D eigenvalue weighted by molar-refractivity contribution is -0.435. The fraction of sp³-hybridized carbons (Fsp3) is 0.882. The molecule has 6 atom stereocenters. The summed E-state index contributed by atoms with van der Waals surface area (Å²) in [6.07, 6.45) is 1.57. The smallest absolute Gasteiger partial charge is 0.409 e. The van der Waals surface area contributed by atoms with E-state index in [0.29, 0.717) is 12.5 Å². The molecule has 0 aromatic heterocycles. The summed E-state index contributed by atoms with van der Waals surface area (Å²) in [7, 11) is 0.983. The van der Waals surface area contributed by atoms with Crippen LogP contribution in [0.1, 0.15) is 19.8 Å². The third kappa shape index (κ3) is 1.40. The van der Waals surface area contributed by atoms with E-state index in [9.17, 15) is 9.59 Å². The average molecular weight is 353 g/mol. The summed E-state index contributed by atoms with van der Waals surface area (Å²) < 4.78 is 17.0. The molecule has 7 rings (SSSR count). The minimum absolute atomic E-state index is 0.181. The van der Waals surface area contributed by atoms with Gasteiger partial charge in [0.2, 0.25) is 0 Å². The van der Waals surface area contributed by atoms with Gasteiger partial charge in [-0.05, 0) is 44.3 Å². The van der Waals surface area contributed by atoms with E-state index in [1.807, 2.05) is 0 Å². The summed E-state index contributed by atoms with van der Waals surface area (Å²) in [6.45, 7) is 9.33. The SMILES string of the molecule is COC(=O)N1C[C@H]2C[C@@]3(O[Si](C)(C)C)[C@@H]1[C@@]1(C(=O)OC)[C@H]2C[C@]13C. The van der Waals surface area contributed by atoms with Crippen molar-refractivity contribution in [1.82, 2.24) is 4.90 Å². The molecule has 2 saturated heterocycles. The molecule has 0 aromatic rings. The number of hydrogen-bond acceptors (Lipinski definition) is 5. The molecule has 0 N–H and O–H groups in total. The average Bonchev–Trinajstić information content (AvgIpc) is 2.50. The fourth-order valence-corrected chi connectivity index (χ4v) is 8.35. The molecule has 7 fully saturated rings. The molecule has 0 aromatic carbocycles. The Morgan fingerprint density at radius 2 is 1.79 bits per heavy atom. The van der Waals surface area contributed by atoms with Crippen molar-refractivity contribution in [3.05, 3.63) is 0 Å². The molecular formula is C17H27NO5Si. The van der Waals surface area contributed by atoms with Gasteiger partial charge < -0.3 is 18.8 Å². The second-order valence-electron chi connectivity index (χ2n) is 9.10. The first-order chi connectivity index (χ1) is 11.1. The number of carbonyl (C=O) groups excluding carboxylic acids is 2. The Morgan fingerprint density at radius 3 is 2.33 bits per heavy atom. The Kier molecular flexibility index (Phi) is 2.97. The highest BCUT2D eigenvalue weighted by Crippen LogP contribution is 2.87. The van der Waals surface area contributed by atoms with Gasteiger partial charge in [-0.25, -0.2) is 4.79 Å². The molecule has 6 nitrogen and oxygen atoms in total. The van der Waals surface area contributed by atoms with Crippen molar-refractivity contribution in [1.29, 1.82) is 0 Å². The number of methoxy groups -OCH3 is 2. The number of carbonyl (C=O) groups is 2. The Morgan fingerprint density at radius 1 is 1.12 bits per heavy atom. The van der Waals surface area contributed by atoms with Crippen LogP contribution >= 0.6 is 0 Å². The van der Waals surface area contributed by atoms with E-state index in [-0.39, 0.29) is 29.4 Å². The number of ether oxygens (including phenoxy) is 2. The number of nitrogens with zero attached hydrogens (tertiary/aromatic N) is 1. The van der Waals surface area contributed by atoms with Crippen LogP contribution in [-0.2, 0) is 18.7 Å². The Balaban J connectivity index is 1.85. The van der Waals surface area contributed by atoms with Crippen molar-refractivity contribution in [3.8, 4) is 0 Å². The van der Waals surface area contributed by atoms with Crippen LogP contribution in [0.2, 0.25) is 19.6 Å². The number of amides is 1. The van der Waals surface area contributed by atoms with Crippen molar-refractivity contribution in [2.75, 3.05) is 20.8 Å². The normalized spacial score (nSPS) is 47.6. The summed E-state index contributed by atoms with van der Waals surface area (Å²) in [5.41, 5.74) is -1.29. The number of hydrogen-bond donors (Lipinski definition) is 0. The zero-order chi connectivity index (χ0) is 17.7. The van der Waals surface area contributed by atoms with Gasteiger partial charge >= 0.3 is 12.1 Å². The van der Waals surface area contributed by atoms with E-state index >= 15 is 0 Å². The number of piperidine rings is 2. The largest absolute Gasteiger partial charge is 0.469 e. The minimum atomic E-state index is -1.86. The molecule has 1 amide bonds. The van der Waals surface area contributed by atoms with Crippen LogP contribution < -0.4 is 0 Å². The van der Waals surface area contributed by atoms with Crippen molar-refractivity contribution in [2.24, 2.45) is 22.7 Å². The Labute approximate surface area is 143 Å². The first-order valence-electron chi connectivity index (χ1n) is 8.72. The van der Waals surface area contributed by atoms with Gasteiger partial charge in [-0.1, -0.05) is 6.92 Å². The molecule has 5 saturated carbocycles. The van der Waals surface area contributed by atoms with E-state index in [1.165, 1.54) is 14.2 Å². The molecule has 6 bridgehead atoms. The topological polar surface area (TPSA) is 65.1 Å². The molecular weight excluding hydrogens is 326 g/mol. The Hall–Kier alpha value is -1.08. The first kappa shape index (κ1) is 16.4. The van der Waals surface area contributed by atoms with Crippen LogP contribution in [-0.4, -0.2) is 57.7 Å². The van der Waals surface area contributed by atoms with Gasteiger partial charge in [0.25, 0.3) is 0 Å². The van der Waals surface area contributed by atoms with Gasteiger partial charge in [-0.3, -0.25) is 4.79 Å². The van der Waals surface area contributed by atoms with Crippen LogP contribution in [0.5, 0.6) is 0 Å². The monoisotopic (exact) mass is 353 g/mol. The van der Waals surface area contributed by atoms with E-state index in [2.05, 4.69) is 26.6 Å². The predicted molar refractivity (Wildman–Crippen MR) is 88.8 cm³/mol. The predicted octanol–water partition coefficient (Wildman–Crippen LogP) is 2.25. The summed E-state index contributed by atoms with van der Waals surface area (Å²) in [5.74, 6) is 0.402. The second kappa shape index (κ2) is 4.36. The first-order valence-corrected chi connectivity index (χ1v) is 12.1. The molecule has 5 aliphatic carbocycles. The van der Waals surface area contributed by atoms with E-state index in [1.54, 1.807) is 4.90 Å². The number of esters is 1. The molecule has 7 aliphatic rings. The molecule has 0 radical (unpaired) electrons. The van der Waals surface area contributed by atoms with Gasteiger partial charge in [0.05, 0.1) is 25.9 Å². The van der Waals surface area contributed by atoms with Gasteiger partial charge in [0, 0.05) is 12.0 Å². The third-order valence-corrected chi connectivity index (χ3v) is 8.21. The van der Waals surface area contributed by atoms with Gasteiger partial charge in [-0.2, -0.15) is 0 Å². The maximum Gasteiger partial charge on any atom is 0.409 e. The standard InChI is InChI=1S/C17H27NO5Si/c1-15-8-11-10-7-16(15,23-24(4,5)6)12(17(11,15)13(19)21-2)18(9-10)14(20)22-3/h10-12H,7-9H2,1-6H3/t10-,11+,12-,15+,16-,17-/m1/s1. The van der Waals surface area contributed by atoms with Crippen molar-refractivity contribution >= 4 is 20.4 Å². The maximum absolute atomic E-state index is 12.9. The summed E-state index contributed by atoms with van der Waals surface area (Å²) in [4.78, 5) is 27.1. The molecule has 2 aliphatic heterocycles. The highest BCUT2D eigenvalue weighted by molar-refractivity contribution is 6.69. The van der Waals surface area contributed by atoms with Crippen LogP contribution in [0.4, 0.5) is 4.79 Å². The maximum atomic E-state index is 12.9. The van der Waals surface area contributed by atoms with Crippen LogP contribution in [0, 0.1) is 22.7 Å². The molecule has 0 unspecified atom stereocenters. The molecule has 0 spiro atoms. The summed E-state index contributed by atoms with van der Waals surface area (Å²) in [5, 5.41) is 0. The molecule has 24 heavy (non-hydrogen) atoms. The van der Waals surface area contributed by atoms with Gasteiger partial charge in [0.15, 0.2) is 8.32 Å². The van der Waals surface area contributed by atoms with Gasteiger partial charge in [-0.15, -0.1) is 0 Å². The lowest BCUT2D eigenvalue weighted by Crippen LogP contribution is -3.00.